The molecular formula is C16H14N2O3. The summed E-state index contributed by atoms with van der Waals surface area (Å²) < 4.78 is 1.03. The summed E-state index contributed by atoms with van der Waals surface area (Å²) in [5.74, 6) is 0. The summed E-state index contributed by atoms with van der Waals surface area (Å²) in [7, 11) is 0. The average Bonchev–Trinajstić information content (AvgIpc) is 2.52. The van der Waals surface area contributed by atoms with Crippen LogP contribution in [0.1, 0.15) is 11.7 Å². The predicted octanol–water partition coefficient (Wildman–Crippen LogP) is 1.42. The molecule has 0 radical (unpaired) electrons. The van der Waals surface area contributed by atoms with E-state index in [4.69, 9.17) is 0 Å². The van der Waals surface area contributed by atoms with Crippen molar-refractivity contribution in [3.8, 4) is 0 Å². The number of rotatable bonds is 3. The molecule has 1 aromatic heterocycles. The zero-order valence-corrected chi connectivity index (χ0v) is 11.2. The second kappa shape index (κ2) is 5.38. The number of H-pyrrole nitrogens is 1. The maximum Gasteiger partial charge on any atom is 0.328 e. The van der Waals surface area contributed by atoms with Crippen LogP contribution < -0.4 is 11.2 Å². The minimum absolute atomic E-state index is 0.0803. The lowest BCUT2D eigenvalue weighted by atomic mass is 10.1. The van der Waals surface area contributed by atoms with Crippen molar-refractivity contribution >= 4 is 10.9 Å². The molecule has 5 heteroatoms. The van der Waals surface area contributed by atoms with Gasteiger partial charge in [0.1, 0.15) is 0 Å². The Balaban J connectivity index is 2.05. The highest BCUT2D eigenvalue weighted by molar-refractivity contribution is 5.76. The first-order chi connectivity index (χ1) is 10.2. The Labute approximate surface area is 120 Å². The number of aromatic amines is 1. The number of benzene rings is 2. The van der Waals surface area contributed by atoms with Gasteiger partial charge in [-0.15, -0.1) is 0 Å². The molecule has 0 aliphatic rings. The molecule has 0 bridgehead atoms. The summed E-state index contributed by atoms with van der Waals surface area (Å²) in [4.78, 5) is 27.0. The van der Waals surface area contributed by atoms with Gasteiger partial charge >= 0.3 is 5.69 Å². The van der Waals surface area contributed by atoms with E-state index in [1.165, 1.54) is 0 Å². The molecule has 0 aliphatic heterocycles. The lowest BCUT2D eigenvalue weighted by Gasteiger charge is -2.12. The normalized spacial score (nSPS) is 12.4. The van der Waals surface area contributed by atoms with Crippen molar-refractivity contribution in [1.29, 1.82) is 0 Å². The van der Waals surface area contributed by atoms with Gasteiger partial charge in [-0.2, -0.15) is 0 Å². The van der Waals surface area contributed by atoms with Gasteiger partial charge in [-0.05, 0) is 17.7 Å². The van der Waals surface area contributed by atoms with E-state index >= 15 is 0 Å². The van der Waals surface area contributed by atoms with E-state index in [0.29, 0.717) is 16.5 Å². The Kier molecular flexibility index (Phi) is 3.41. The SMILES string of the molecule is O=c1[nH]c2ccccc2c(=O)n1C[C@H](O)c1ccccc1. The first-order valence-corrected chi connectivity index (χ1v) is 6.61. The second-order valence-electron chi connectivity index (χ2n) is 4.82. The fourth-order valence-corrected chi connectivity index (χ4v) is 2.32. The Morgan fingerprint density at radius 3 is 2.43 bits per heavy atom. The molecule has 2 N–H and O–H groups in total. The first-order valence-electron chi connectivity index (χ1n) is 6.61. The molecule has 1 heterocycles. The van der Waals surface area contributed by atoms with Crippen molar-refractivity contribution in [3.05, 3.63) is 81.0 Å². The van der Waals surface area contributed by atoms with Crippen molar-refractivity contribution in [2.45, 2.75) is 12.6 Å². The van der Waals surface area contributed by atoms with Gasteiger partial charge in [0.25, 0.3) is 5.56 Å². The van der Waals surface area contributed by atoms with Crippen LogP contribution in [0, 0.1) is 0 Å². The Morgan fingerprint density at radius 2 is 1.67 bits per heavy atom. The summed E-state index contributed by atoms with van der Waals surface area (Å²) in [5, 5.41) is 10.6. The second-order valence-corrected chi connectivity index (χ2v) is 4.82. The number of aliphatic hydroxyl groups excluding tert-OH is 1. The van der Waals surface area contributed by atoms with Crippen molar-refractivity contribution in [1.82, 2.24) is 9.55 Å². The number of nitrogens with one attached hydrogen (secondary N) is 1. The Morgan fingerprint density at radius 1 is 1.00 bits per heavy atom. The molecule has 5 nitrogen and oxygen atoms in total. The minimum atomic E-state index is -0.911. The van der Waals surface area contributed by atoms with E-state index in [9.17, 15) is 14.7 Å². The predicted molar refractivity (Wildman–Crippen MR) is 80.2 cm³/mol. The summed E-state index contributed by atoms with van der Waals surface area (Å²) in [6.07, 6.45) is -0.911. The highest BCUT2D eigenvalue weighted by Gasteiger charge is 2.13. The van der Waals surface area contributed by atoms with Crippen molar-refractivity contribution in [2.75, 3.05) is 0 Å². The summed E-state index contributed by atoms with van der Waals surface area (Å²) in [6, 6.07) is 15.8. The lowest BCUT2D eigenvalue weighted by molar-refractivity contribution is 0.153. The number of aromatic nitrogens is 2. The van der Waals surface area contributed by atoms with E-state index in [2.05, 4.69) is 4.98 Å². The largest absolute Gasteiger partial charge is 0.387 e. The highest BCUT2D eigenvalue weighted by Crippen LogP contribution is 2.13. The van der Waals surface area contributed by atoms with Crippen LogP contribution in [0.5, 0.6) is 0 Å². The van der Waals surface area contributed by atoms with Crippen LogP contribution in [-0.4, -0.2) is 14.7 Å². The van der Waals surface area contributed by atoms with Gasteiger partial charge in [0.05, 0.1) is 23.6 Å². The van der Waals surface area contributed by atoms with E-state index < -0.39 is 17.4 Å². The molecule has 0 unspecified atom stereocenters. The van der Waals surface area contributed by atoms with E-state index in [0.717, 1.165) is 4.57 Å². The van der Waals surface area contributed by atoms with Gasteiger partial charge in [0.15, 0.2) is 0 Å². The zero-order valence-electron chi connectivity index (χ0n) is 11.2. The van der Waals surface area contributed by atoms with E-state index in [-0.39, 0.29) is 6.54 Å². The van der Waals surface area contributed by atoms with Crippen LogP contribution in [0.25, 0.3) is 10.9 Å². The minimum Gasteiger partial charge on any atom is -0.387 e. The summed E-state index contributed by atoms with van der Waals surface area (Å²) in [6.45, 7) is -0.0803. The monoisotopic (exact) mass is 282 g/mol. The number of para-hydroxylation sites is 1. The van der Waals surface area contributed by atoms with Gasteiger partial charge in [-0.25, -0.2) is 4.79 Å². The molecule has 3 rings (SSSR count). The molecule has 0 aliphatic carbocycles. The fraction of sp³-hybridized carbons (Fsp3) is 0.125. The molecule has 21 heavy (non-hydrogen) atoms. The lowest BCUT2D eigenvalue weighted by Crippen LogP contribution is -2.36. The standard InChI is InChI=1S/C16H14N2O3/c19-14(11-6-2-1-3-7-11)10-18-15(20)12-8-4-5-9-13(12)17-16(18)21/h1-9,14,19H,10H2,(H,17,21)/t14-/m0/s1. The first kappa shape index (κ1) is 13.3. The molecule has 0 amide bonds. The smallest absolute Gasteiger partial charge is 0.328 e. The van der Waals surface area contributed by atoms with E-state index in [1.54, 1.807) is 48.5 Å². The van der Waals surface area contributed by atoms with Crippen LogP contribution in [0.4, 0.5) is 0 Å². The van der Waals surface area contributed by atoms with Crippen LogP contribution >= 0.6 is 0 Å². The average molecular weight is 282 g/mol. The topological polar surface area (TPSA) is 75.1 Å². The third kappa shape index (κ3) is 2.51. The maximum atomic E-state index is 12.3. The van der Waals surface area contributed by atoms with Gasteiger partial charge in [0.2, 0.25) is 0 Å². The quantitative estimate of drug-likeness (QED) is 0.763. The molecule has 0 saturated carbocycles. The van der Waals surface area contributed by atoms with Crippen LogP contribution in [-0.2, 0) is 6.54 Å². The third-order valence-corrected chi connectivity index (χ3v) is 3.43. The van der Waals surface area contributed by atoms with Crippen molar-refractivity contribution in [3.63, 3.8) is 0 Å². The molecule has 0 spiro atoms. The molecule has 2 aromatic carbocycles. The van der Waals surface area contributed by atoms with Gasteiger partial charge in [-0.1, -0.05) is 42.5 Å². The number of hydrogen-bond donors (Lipinski definition) is 2. The summed E-state index contributed by atoms with van der Waals surface area (Å²) >= 11 is 0. The maximum absolute atomic E-state index is 12.3. The zero-order chi connectivity index (χ0) is 14.8. The van der Waals surface area contributed by atoms with Gasteiger partial charge < -0.3 is 10.1 Å². The summed E-state index contributed by atoms with van der Waals surface area (Å²) in [5.41, 5.74) is 0.243. The fourth-order valence-electron chi connectivity index (χ4n) is 2.32. The van der Waals surface area contributed by atoms with Gasteiger partial charge in [0, 0.05) is 0 Å². The molecule has 0 saturated heterocycles. The van der Waals surface area contributed by atoms with E-state index in [1.807, 2.05) is 6.07 Å². The molecule has 0 fully saturated rings. The number of fused-ring (bicyclic) bond motifs is 1. The van der Waals surface area contributed by atoms with Crippen LogP contribution in [0.15, 0.2) is 64.2 Å². The van der Waals surface area contributed by atoms with Gasteiger partial charge in [-0.3, -0.25) is 9.36 Å². The number of aliphatic hydroxyl groups is 1. The Hall–Kier alpha value is -2.66. The highest BCUT2D eigenvalue weighted by atomic mass is 16.3. The molecular weight excluding hydrogens is 268 g/mol. The Bertz CT molecular complexity index is 881. The number of hydrogen-bond acceptors (Lipinski definition) is 3. The number of nitrogens with zero attached hydrogens (tertiary/aromatic N) is 1. The van der Waals surface area contributed by atoms with Crippen LogP contribution in [0.2, 0.25) is 0 Å². The molecule has 106 valence electrons. The molecule has 1 atom stereocenters. The van der Waals surface area contributed by atoms with Crippen molar-refractivity contribution < 1.29 is 5.11 Å². The third-order valence-electron chi connectivity index (χ3n) is 3.43. The van der Waals surface area contributed by atoms with Crippen molar-refractivity contribution in [2.24, 2.45) is 0 Å². The van der Waals surface area contributed by atoms with Crippen LogP contribution in [0.3, 0.4) is 0 Å². The molecule has 3 aromatic rings.